The van der Waals surface area contributed by atoms with Crippen molar-refractivity contribution in [3.05, 3.63) is 29.3 Å². The standard InChI is InChI=1S/C16H23N5OS/c1-10(2)14(15(22)20(5)6)23-16-17-18-19-21(16)13-9-11(3)7-8-12(13)4/h7-10,14H,1-6H3. The molecule has 0 aliphatic heterocycles. The quantitative estimate of drug-likeness (QED) is 0.787. The maximum atomic E-state index is 12.4. The number of hydrogen-bond acceptors (Lipinski definition) is 5. The average Bonchev–Trinajstić information content (AvgIpc) is 2.94. The molecule has 1 amide bonds. The molecular weight excluding hydrogens is 310 g/mol. The minimum absolute atomic E-state index is 0.0699. The summed E-state index contributed by atoms with van der Waals surface area (Å²) in [6, 6.07) is 6.15. The van der Waals surface area contributed by atoms with Crippen molar-refractivity contribution in [3.8, 4) is 5.69 Å². The van der Waals surface area contributed by atoms with Crippen LogP contribution in [0.1, 0.15) is 25.0 Å². The first-order valence-corrected chi connectivity index (χ1v) is 8.43. The van der Waals surface area contributed by atoms with E-state index in [1.165, 1.54) is 11.8 Å². The van der Waals surface area contributed by atoms with E-state index in [0.717, 1.165) is 16.8 Å². The molecule has 6 nitrogen and oxygen atoms in total. The van der Waals surface area contributed by atoms with Crippen molar-refractivity contribution in [1.82, 2.24) is 25.1 Å². The Bertz CT molecular complexity index is 696. The highest BCUT2D eigenvalue weighted by atomic mass is 32.2. The van der Waals surface area contributed by atoms with Gasteiger partial charge in [0.1, 0.15) is 0 Å². The number of nitrogens with zero attached hydrogens (tertiary/aromatic N) is 5. The van der Waals surface area contributed by atoms with E-state index < -0.39 is 0 Å². The Labute approximate surface area is 141 Å². The van der Waals surface area contributed by atoms with Gasteiger partial charge in [0.15, 0.2) is 0 Å². The van der Waals surface area contributed by atoms with E-state index in [-0.39, 0.29) is 17.1 Å². The SMILES string of the molecule is Cc1ccc(C)c(-n2nnnc2SC(C(=O)N(C)C)C(C)C)c1. The van der Waals surface area contributed by atoms with Crippen molar-refractivity contribution < 1.29 is 4.79 Å². The Morgan fingerprint density at radius 3 is 2.57 bits per heavy atom. The molecule has 0 bridgehead atoms. The van der Waals surface area contributed by atoms with Gasteiger partial charge in [0, 0.05) is 14.1 Å². The topological polar surface area (TPSA) is 63.9 Å². The van der Waals surface area contributed by atoms with E-state index in [2.05, 4.69) is 21.6 Å². The van der Waals surface area contributed by atoms with Gasteiger partial charge >= 0.3 is 0 Å². The molecule has 23 heavy (non-hydrogen) atoms. The van der Waals surface area contributed by atoms with Crippen molar-refractivity contribution >= 4 is 17.7 Å². The molecular formula is C16H23N5OS. The van der Waals surface area contributed by atoms with Crippen LogP contribution in [-0.2, 0) is 4.79 Å². The smallest absolute Gasteiger partial charge is 0.235 e. The Hall–Kier alpha value is -1.89. The van der Waals surface area contributed by atoms with Crippen molar-refractivity contribution in [2.24, 2.45) is 5.92 Å². The summed E-state index contributed by atoms with van der Waals surface area (Å²) in [6.07, 6.45) is 0. The number of carbonyl (C=O) groups is 1. The zero-order valence-electron chi connectivity index (χ0n) is 14.4. The van der Waals surface area contributed by atoms with E-state index >= 15 is 0 Å². The predicted octanol–water partition coefficient (Wildman–Crippen LogP) is 2.48. The van der Waals surface area contributed by atoms with Gasteiger partial charge in [-0.15, -0.1) is 5.10 Å². The molecule has 1 atom stereocenters. The fraction of sp³-hybridized carbons (Fsp3) is 0.500. The Kier molecular flexibility index (Phi) is 5.41. The zero-order chi connectivity index (χ0) is 17.1. The highest BCUT2D eigenvalue weighted by molar-refractivity contribution is 8.00. The van der Waals surface area contributed by atoms with Crippen molar-refractivity contribution in [1.29, 1.82) is 0 Å². The number of hydrogen-bond donors (Lipinski definition) is 0. The van der Waals surface area contributed by atoms with Gasteiger partial charge in [-0.3, -0.25) is 4.79 Å². The molecule has 1 aromatic heterocycles. The maximum Gasteiger partial charge on any atom is 0.235 e. The molecule has 0 radical (unpaired) electrons. The normalized spacial score (nSPS) is 12.5. The molecule has 1 unspecified atom stereocenters. The molecule has 0 spiro atoms. The summed E-state index contributed by atoms with van der Waals surface area (Å²) < 4.78 is 1.71. The second-order valence-corrected chi connectivity index (χ2v) is 7.29. The lowest BCUT2D eigenvalue weighted by Crippen LogP contribution is -2.35. The third-order valence-electron chi connectivity index (χ3n) is 3.56. The number of amides is 1. The van der Waals surface area contributed by atoms with Gasteiger partial charge in [0.05, 0.1) is 10.9 Å². The summed E-state index contributed by atoms with van der Waals surface area (Å²) in [5.41, 5.74) is 3.17. The first-order chi connectivity index (χ1) is 10.8. The van der Waals surface area contributed by atoms with E-state index in [9.17, 15) is 4.79 Å². The van der Waals surface area contributed by atoms with E-state index in [1.54, 1.807) is 23.7 Å². The lowest BCUT2D eigenvalue weighted by Gasteiger charge is -2.22. The second kappa shape index (κ2) is 7.12. The molecule has 0 aliphatic rings. The molecule has 1 heterocycles. The third-order valence-corrected chi connectivity index (χ3v) is 5.02. The zero-order valence-corrected chi connectivity index (χ0v) is 15.3. The first kappa shape index (κ1) is 17.5. The molecule has 0 N–H and O–H groups in total. The van der Waals surface area contributed by atoms with Crippen molar-refractivity contribution in [3.63, 3.8) is 0 Å². The lowest BCUT2D eigenvalue weighted by molar-refractivity contribution is -0.128. The van der Waals surface area contributed by atoms with Crippen LogP contribution in [0.3, 0.4) is 0 Å². The molecule has 0 saturated heterocycles. The number of tetrazole rings is 1. The summed E-state index contributed by atoms with van der Waals surface area (Å²) in [7, 11) is 3.54. The summed E-state index contributed by atoms with van der Waals surface area (Å²) in [4.78, 5) is 14.0. The number of rotatable bonds is 5. The number of aryl methyl sites for hydroxylation is 2. The minimum atomic E-state index is -0.222. The van der Waals surface area contributed by atoms with Gasteiger partial charge in [-0.1, -0.05) is 37.7 Å². The van der Waals surface area contributed by atoms with Crippen LogP contribution < -0.4 is 0 Å². The predicted molar refractivity (Wildman–Crippen MR) is 91.8 cm³/mol. The van der Waals surface area contributed by atoms with E-state index in [0.29, 0.717) is 5.16 Å². The van der Waals surface area contributed by atoms with Gasteiger partial charge in [0.2, 0.25) is 11.1 Å². The number of benzene rings is 1. The van der Waals surface area contributed by atoms with Gasteiger partial charge in [-0.2, -0.15) is 4.68 Å². The van der Waals surface area contributed by atoms with Crippen LogP contribution in [-0.4, -0.2) is 50.4 Å². The fourth-order valence-corrected chi connectivity index (χ4v) is 3.32. The van der Waals surface area contributed by atoms with Gasteiger partial charge in [0.25, 0.3) is 0 Å². The molecule has 0 saturated carbocycles. The van der Waals surface area contributed by atoms with Crippen LogP contribution >= 0.6 is 11.8 Å². The molecule has 7 heteroatoms. The largest absolute Gasteiger partial charge is 0.348 e. The van der Waals surface area contributed by atoms with Crippen LogP contribution in [0.5, 0.6) is 0 Å². The average molecular weight is 333 g/mol. The highest BCUT2D eigenvalue weighted by Gasteiger charge is 2.27. The minimum Gasteiger partial charge on any atom is -0.348 e. The lowest BCUT2D eigenvalue weighted by atomic mass is 10.1. The van der Waals surface area contributed by atoms with Crippen LogP contribution in [0.2, 0.25) is 0 Å². The van der Waals surface area contributed by atoms with Gasteiger partial charge < -0.3 is 4.90 Å². The first-order valence-electron chi connectivity index (χ1n) is 7.55. The van der Waals surface area contributed by atoms with E-state index in [4.69, 9.17) is 0 Å². The van der Waals surface area contributed by atoms with Crippen LogP contribution in [0, 0.1) is 19.8 Å². The summed E-state index contributed by atoms with van der Waals surface area (Å²) in [5.74, 6) is 0.249. The molecule has 2 rings (SSSR count). The summed E-state index contributed by atoms with van der Waals surface area (Å²) in [6.45, 7) is 8.12. The molecule has 1 aromatic carbocycles. The number of carbonyl (C=O) groups excluding carboxylic acids is 1. The Morgan fingerprint density at radius 1 is 1.26 bits per heavy atom. The van der Waals surface area contributed by atoms with E-state index in [1.807, 2.05) is 39.8 Å². The Morgan fingerprint density at radius 2 is 1.96 bits per heavy atom. The van der Waals surface area contributed by atoms with Crippen LogP contribution in [0.15, 0.2) is 23.4 Å². The molecule has 124 valence electrons. The maximum absolute atomic E-state index is 12.4. The monoisotopic (exact) mass is 333 g/mol. The fourth-order valence-electron chi connectivity index (χ4n) is 2.19. The van der Waals surface area contributed by atoms with Gasteiger partial charge in [-0.05, 0) is 47.4 Å². The second-order valence-electron chi connectivity index (χ2n) is 6.18. The van der Waals surface area contributed by atoms with Gasteiger partial charge in [-0.25, -0.2) is 0 Å². The molecule has 0 aliphatic carbocycles. The highest BCUT2D eigenvalue weighted by Crippen LogP contribution is 2.29. The number of thioether (sulfide) groups is 1. The Balaban J connectivity index is 2.37. The third kappa shape index (κ3) is 3.90. The molecule has 0 fully saturated rings. The van der Waals surface area contributed by atoms with Crippen molar-refractivity contribution in [2.75, 3.05) is 14.1 Å². The summed E-state index contributed by atoms with van der Waals surface area (Å²) in [5, 5.41) is 12.4. The summed E-state index contributed by atoms with van der Waals surface area (Å²) >= 11 is 1.41. The molecule has 2 aromatic rings. The number of aromatic nitrogens is 4. The van der Waals surface area contributed by atoms with Crippen LogP contribution in [0.4, 0.5) is 0 Å². The van der Waals surface area contributed by atoms with Crippen molar-refractivity contribution in [2.45, 2.75) is 38.1 Å². The van der Waals surface area contributed by atoms with Crippen LogP contribution in [0.25, 0.3) is 5.69 Å².